The zero-order chi connectivity index (χ0) is 9.30. The van der Waals surface area contributed by atoms with Gasteiger partial charge in [-0.25, -0.2) is 14.6 Å². The Morgan fingerprint density at radius 2 is 1.92 bits per heavy atom. The van der Waals surface area contributed by atoms with Crippen molar-refractivity contribution in [1.82, 2.24) is 9.97 Å². The van der Waals surface area contributed by atoms with Crippen molar-refractivity contribution in [1.29, 1.82) is 0 Å². The Bertz CT molecular complexity index is 314. The molecule has 1 radical (unpaired) electrons. The SMILES string of the molecule is O=C(O)c1nc([S])[nH]c1C(=O)O. The van der Waals surface area contributed by atoms with Gasteiger partial charge in [0.1, 0.15) is 0 Å². The number of rotatable bonds is 2. The molecule has 0 aliphatic heterocycles. The van der Waals surface area contributed by atoms with E-state index >= 15 is 0 Å². The van der Waals surface area contributed by atoms with E-state index < -0.39 is 23.3 Å². The van der Waals surface area contributed by atoms with Crippen molar-refractivity contribution in [2.45, 2.75) is 5.16 Å². The van der Waals surface area contributed by atoms with Gasteiger partial charge in [0.2, 0.25) is 0 Å². The molecule has 0 saturated carbocycles. The number of aromatic carboxylic acids is 2. The highest BCUT2D eigenvalue weighted by molar-refractivity contribution is 7.80. The van der Waals surface area contributed by atoms with Crippen LogP contribution in [0.15, 0.2) is 5.16 Å². The normalized spacial score (nSPS) is 9.67. The number of carboxylic acids is 2. The lowest BCUT2D eigenvalue weighted by atomic mass is 10.3. The summed E-state index contributed by atoms with van der Waals surface area (Å²) in [6, 6.07) is 0. The Hall–Kier alpha value is -1.63. The summed E-state index contributed by atoms with van der Waals surface area (Å²) in [4.78, 5) is 26.2. The average Bonchev–Trinajstić information content (AvgIpc) is 2.31. The Kier molecular flexibility index (Phi) is 1.96. The van der Waals surface area contributed by atoms with Crippen LogP contribution in [0, 0.1) is 0 Å². The number of hydrogen-bond donors (Lipinski definition) is 3. The minimum Gasteiger partial charge on any atom is -0.477 e. The van der Waals surface area contributed by atoms with Crippen LogP contribution in [0.5, 0.6) is 0 Å². The van der Waals surface area contributed by atoms with Crippen molar-refractivity contribution in [3.63, 3.8) is 0 Å². The van der Waals surface area contributed by atoms with Gasteiger partial charge in [-0.2, -0.15) is 0 Å². The fraction of sp³-hybridized carbons (Fsp3) is 0. The molecule has 1 heterocycles. The van der Waals surface area contributed by atoms with Crippen LogP contribution in [-0.2, 0) is 0 Å². The first-order chi connectivity index (χ1) is 5.52. The molecule has 0 saturated heterocycles. The van der Waals surface area contributed by atoms with Gasteiger partial charge in [-0.3, -0.25) is 0 Å². The number of aromatic amines is 1. The van der Waals surface area contributed by atoms with Gasteiger partial charge in [0.15, 0.2) is 16.5 Å². The topological polar surface area (TPSA) is 103 Å². The Labute approximate surface area is 71.7 Å². The minimum absolute atomic E-state index is 0.148. The van der Waals surface area contributed by atoms with E-state index in [4.69, 9.17) is 10.2 Å². The molecule has 12 heavy (non-hydrogen) atoms. The quantitative estimate of drug-likeness (QED) is 0.620. The van der Waals surface area contributed by atoms with Gasteiger partial charge < -0.3 is 15.2 Å². The molecule has 1 aromatic rings. The molecule has 0 aliphatic rings. The molecule has 0 spiro atoms. The summed E-state index contributed by atoms with van der Waals surface area (Å²) < 4.78 is 0. The van der Waals surface area contributed by atoms with Gasteiger partial charge in [-0.1, -0.05) is 0 Å². The molecule has 0 bridgehead atoms. The number of carboxylic acid groups (broad SMARTS) is 2. The molecule has 63 valence electrons. The third-order valence-electron chi connectivity index (χ3n) is 1.10. The lowest BCUT2D eigenvalue weighted by Crippen LogP contribution is -2.07. The molecule has 7 heteroatoms. The number of carbonyl (C=O) groups is 2. The molecule has 0 aliphatic carbocycles. The highest BCUT2D eigenvalue weighted by Gasteiger charge is 2.20. The summed E-state index contributed by atoms with van der Waals surface area (Å²) in [6.45, 7) is 0. The minimum atomic E-state index is -1.42. The second-order valence-electron chi connectivity index (χ2n) is 1.88. The monoisotopic (exact) mass is 187 g/mol. The third-order valence-corrected chi connectivity index (χ3v) is 1.29. The van der Waals surface area contributed by atoms with Crippen LogP contribution in [0.1, 0.15) is 21.0 Å². The van der Waals surface area contributed by atoms with Crippen LogP contribution in [0.4, 0.5) is 0 Å². The molecular formula is C5H3N2O4S. The van der Waals surface area contributed by atoms with Crippen LogP contribution < -0.4 is 0 Å². The van der Waals surface area contributed by atoms with Gasteiger partial charge in [0.05, 0.1) is 0 Å². The predicted molar refractivity (Wildman–Crippen MR) is 38.4 cm³/mol. The van der Waals surface area contributed by atoms with Crippen LogP contribution in [-0.4, -0.2) is 32.1 Å². The first-order valence-electron chi connectivity index (χ1n) is 2.76. The summed E-state index contributed by atoms with van der Waals surface area (Å²) in [5.74, 6) is -2.81. The van der Waals surface area contributed by atoms with E-state index in [9.17, 15) is 9.59 Å². The number of hydrogen-bond acceptors (Lipinski definition) is 3. The van der Waals surface area contributed by atoms with E-state index in [0.29, 0.717) is 0 Å². The number of H-pyrrole nitrogens is 1. The van der Waals surface area contributed by atoms with Crippen LogP contribution in [0.25, 0.3) is 0 Å². The fourth-order valence-corrected chi connectivity index (χ4v) is 0.854. The number of aromatic nitrogens is 2. The molecule has 0 unspecified atom stereocenters. The first kappa shape index (κ1) is 8.47. The van der Waals surface area contributed by atoms with Crippen molar-refractivity contribution in [2.75, 3.05) is 0 Å². The lowest BCUT2D eigenvalue weighted by Gasteiger charge is -1.88. The third kappa shape index (κ3) is 1.35. The van der Waals surface area contributed by atoms with Crippen molar-refractivity contribution in [3.8, 4) is 0 Å². The highest BCUT2D eigenvalue weighted by Crippen LogP contribution is 2.08. The smallest absolute Gasteiger partial charge is 0.357 e. The fourth-order valence-electron chi connectivity index (χ4n) is 0.661. The van der Waals surface area contributed by atoms with Crippen LogP contribution in [0.2, 0.25) is 0 Å². The van der Waals surface area contributed by atoms with Crippen molar-refractivity contribution in [3.05, 3.63) is 11.4 Å². The average molecular weight is 187 g/mol. The van der Waals surface area contributed by atoms with E-state index in [1.807, 2.05) is 0 Å². The molecular weight excluding hydrogens is 184 g/mol. The van der Waals surface area contributed by atoms with E-state index in [1.165, 1.54) is 0 Å². The standard InChI is InChI=1S/C5H3N2O4S/c8-3(9)1-2(4(10)11)7-5(12)6-1/h(H,6,7)(H,8,9)(H,10,11). The molecule has 0 atom stereocenters. The van der Waals surface area contributed by atoms with Crippen molar-refractivity contribution in [2.24, 2.45) is 0 Å². The van der Waals surface area contributed by atoms with E-state index in [-0.39, 0.29) is 5.16 Å². The summed E-state index contributed by atoms with van der Waals surface area (Å²) in [6.07, 6.45) is 0. The maximum absolute atomic E-state index is 10.4. The molecule has 0 amide bonds. The Morgan fingerprint density at radius 1 is 1.33 bits per heavy atom. The number of nitrogens with zero attached hydrogens (tertiary/aromatic N) is 1. The number of imidazole rings is 1. The maximum atomic E-state index is 10.4. The summed E-state index contributed by atoms with van der Waals surface area (Å²) in [5.41, 5.74) is -1.06. The van der Waals surface area contributed by atoms with E-state index in [0.717, 1.165) is 0 Å². The Balaban J connectivity index is 3.26. The molecule has 0 aromatic carbocycles. The van der Waals surface area contributed by atoms with Crippen LogP contribution in [0.3, 0.4) is 0 Å². The highest BCUT2D eigenvalue weighted by atomic mass is 32.1. The second kappa shape index (κ2) is 2.78. The van der Waals surface area contributed by atoms with Gasteiger partial charge in [0.25, 0.3) is 0 Å². The summed E-state index contributed by atoms with van der Waals surface area (Å²) >= 11 is 4.47. The van der Waals surface area contributed by atoms with E-state index in [1.54, 1.807) is 0 Å². The molecule has 1 rings (SSSR count). The zero-order valence-electron chi connectivity index (χ0n) is 5.57. The molecule has 3 N–H and O–H groups in total. The van der Waals surface area contributed by atoms with Gasteiger partial charge in [-0.05, 0) is 12.6 Å². The van der Waals surface area contributed by atoms with Gasteiger partial charge >= 0.3 is 11.9 Å². The summed E-state index contributed by atoms with van der Waals surface area (Å²) in [7, 11) is 0. The maximum Gasteiger partial charge on any atom is 0.357 e. The zero-order valence-corrected chi connectivity index (χ0v) is 6.38. The van der Waals surface area contributed by atoms with Gasteiger partial charge in [-0.15, -0.1) is 0 Å². The molecule has 0 fully saturated rings. The predicted octanol–water partition coefficient (Wildman–Crippen LogP) is 0.362. The van der Waals surface area contributed by atoms with Gasteiger partial charge in [0, 0.05) is 0 Å². The second-order valence-corrected chi connectivity index (χ2v) is 2.26. The molecule has 1 aromatic heterocycles. The summed E-state index contributed by atoms with van der Waals surface area (Å²) in [5, 5.41) is 16.7. The number of nitrogens with one attached hydrogen (secondary N) is 1. The largest absolute Gasteiger partial charge is 0.477 e. The van der Waals surface area contributed by atoms with Crippen molar-refractivity contribution >= 4 is 24.6 Å². The van der Waals surface area contributed by atoms with Crippen LogP contribution >= 0.6 is 12.6 Å². The van der Waals surface area contributed by atoms with E-state index in [2.05, 4.69) is 22.6 Å². The molecule has 6 nitrogen and oxygen atoms in total. The lowest BCUT2D eigenvalue weighted by molar-refractivity contribution is 0.0644. The van der Waals surface area contributed by atoms with Crippen molar-refractivity contribution < 1.29 is 19.8 Å². The Morgan fingerprint density at radius 3 is 2.25 bits per heavy atom. The first-order valence-corrected chi connectivity index (χ1v) is 3.17.